The molecular formula is C13H25ClN2O2. The van der Waals surface area contributed by atoms with Gasteiger partial charge in [0, 0.05) is 25.6 Å². The average molecular weight is 277 g/mol. The second kappa shape index (κ2) is 6.73. The van der Waals surface area contributed by atoms with E-state index in [1.807, 2.05) is 0 Å². The summed E-state index contributed by atoms with van der Waals surface area (Å²) in [6.07, 6.45) is 3.06. The van der Waals surface area contributed by atoms with E-state index in [9.17, 15) is 4.79 Å². The molecule has 1 aliphatic heterocycles. The zero-order valence-corrected chi connectivity index (χ0v) is 12.1. The van der Waals surface area contributed by atoms with E-state index >= 15 is 0 Å². The van der Waals surface area contributed by atoms with Crippen molar-refractivity contribution in [3.05, 3.63) is 0 Å². The van der Waals surface area contributed by atoms with Crippen molar-refractivity contribution in [1.82, 2.24) is 10.6 Å². The zero-order chi connectivity index (χ0) is 12.3. The second-order valence-corrected chi connectivity index (χ2v) is 5.72. The summed E-state index contributed by atoms with van der Waals surface area (Å²) in [4.78, 5) is 11.8. The Kier molecular flexibility index (Phi) is 5.89. The van der Waals surface area contributed by atoms with Gasteiger partial charge in [0.05, 0.1) is 13.2 Å². The number of nitrogens with one attached hydrogen (secondary N) is 2. The standard InChI is InChI=1S/C13H24N2O2.ClH/c1-10(2)13(3-4-13)9-15-12(16)7-11-8-17-6-5-14-11;/h10-11,14H,3-9H2,1-2H3,(H,15,16);1H. The van der Waals surface area contributed by atoms with Crippen LogP contribution in [0.3, 0.4) is 0 Å². The average Bonchev–Trinajstić information content (AvgIpc) is 3.09. The van der Waals surface area contributed by atoms with Crippen molar-refractivity contribution in [2.24, 2.45) is 11.3 Å². The third-order valence-corrected chi connectivity index (χ3v) is 4.18. The zero-order valence-electron chi connectivity index (χ0n) is 11.3. The van der Waals surface area contributed by atoms with E-state index in [4.69, 9.17) is 4.74 Å². The normalized spacial score (nSPS) is 25.4. The Morgan fingerprint density at radius 1 is 1.50 bits per heavy atom. The Bertz CT molecular complexity index is 274. The maximum Gasteiger partial charge on any atom is 0.221 e. The molecule has 1 heterocycles. The SMILES string of the molecule is CC(C)C1(CNC(=O)CC2COCCN2)CC1.Cl. The van der Waals surface area contributed by atoms with Crippen LogP contribution in [0.15, 0.2) is 0 Å². The van der Waals surface area contributed by atoms with E-state index in [0.29, 0.717) is 24.4 Å². The van der Waals surface area contributed by atoms with Gasteiger partial charge >= 0.3 is 0 Å². The molecule has 0 aromatic carbocycles. The molecule has 106 valence electrons. The Balaban J connectivity index is 0.00000162. The summed E-state index contributed by atoms with van der Waals surface area (Å²) in [5.41, 5.74) is 0.395. The summed E-state index contributed by atoms with van der Waals surface area (Å²) in [5.74, 6) is 0.818. The molecular weight excluding hydrogens is 252 g/mol. The first-order valence-electron chi connectivity index (χ1n) is 6.70. The lowest BCUT2D eigenvalue weighted by molar-refractivity contribution is -0.122. The molecule has 1 saturated carbocycles. The molecule has 2 rings (SSSR count). The van der Waals surface area contributed by atoms with Gasteiger partial charge in [-0.15, -0.1) is 12.4 Å². The summed E-state index contributed by atoms with van der Waals surface area (Å²) < 4.78 is 5.34. The van der Waals surface area contributed by atoms with Gasteiger partial charge in [-0.05, 0) is 24.2 Å². The molecule has 4 nitrogen and oxygen atoms in total. The molecule has 0 aromatic rings. The minimum atomic E-state index is 0. The highest BCUT2D eigenvalue weighted by atomic mass is 35.5. The van der Waals surface area contributed by atoms with Gasteiger partial charge in [0.15, 0.2) is 0 Å². The fraction of sp³-hybridized carbons (Fsp3) is 0.923. The molecule has 1 atom stereocenters. The molecule has 0 aromatic heterocycles. The van der Waals surface area contributed by atoms with Crippen molar-refractivity contribution in [1.29, 1.82) is 0 Å². The van der Waals surface area contributed by atoms with Gasteiger partial charge in [-0.1, -0.05) is 13.8 Å². The second-order valence-electron chi connectivity index (χ2n) is 5.72. The molecule has 0 radical (unpaired) electrons. The van der Waals surface area contributed by atoms with Crippen molar-refractivity contribution in [2.45, 2.75) is 39.2 Å². The summed E-state index contributed by atoms with van der Waals surface area (Å²) in [6.45, 7) is 7.60. The molecule has 1 aliphatic carbocycles. The van der Waals surface area contributed by atoms with E-state index in [1.165, 1.54) is 12.8 Å². The molecule has 5 heteroatoms. The molecule has 1 amide bonds. The van der Waals surface area contributed by atoms with E-state index in [2.05, 4.69) is 24.5 Å². The van der Waals surface area contributed by atoms with E-state index in [-0.39, 0.29) is 24.4 Å². The van der Waals surface area contributed by atoms with Crippen molar-refractivity contribution >= 4 is 18.3 Å². The maximum absolute atomic E-state index is 11.8. The molecule has 18 heavy (non-hydrogen) atoms. The van der Waals surface area contributed by atoms with Crippen LogP contribution in [-0.4, -0.2) is 38.3 Å². The summed E-state index contributed by atoms with van der Waals surface area (Å²) in [5, 5.41) is 6.38. The smallest absolute Gasteiger partial charge is 0.221 e. The van der Waals surface area contributed by atoms with Crippen molar-refractivity contribution in [3.8, 4) is 0 Å². The molecule has 1 saturated heterocycles. The lowest BCUT2D eigenvalue weighted by Gasteiger charge is -2.24. The number of ether oxygens (including phenoxy) is 1. The highest BCUT2D eigenvalue weighted by molar-refractivity contribution is 5.85. The van der Waals surface area contributed by atoms with Crippen LogP contribution in [0.5, 0.6) is 0 Å². The lowest BCUT2D eigenvalue weighted by Crippen LogP contribution is -2.45. The van der Waals surface area contributed by atoms with Crippen LogP contribution in [-0.2, 0) is 9.53 Å². The number of halogens is 1. The molecule has 2 aliphatic rings. The molecule has 2 N–H and O–H groups in total. The van der Waals surface area contributed by atoms with Crippen molar-refractivity contribution < 1.29 is 9.53 Å². The van der Waals surface area contributed by atoms with Gasteiger partial charge in [-0.3, -0.25) is 4.79 Å². The van der Waals surface area contributed by atoms with Crippen molar-refractivity contribution in [2.75, 3.05) is 26.3 Å². The Morgan fingerprint density at radius 2 is 2.22 bits per heavy atom. The van der Waals surface area contributed by atoms with E-state index < -0.39 is 0 Å². The van der Waals surface area contributed by atoms with Gasteiger partial charge < -0.3 is 15.4 Å². The summed E-state index contributed by atoms with van der Waals surface area (Å²) in [6, 6.07) is 0.193. The first-order valence-corrected chi connectivity index (χ1v) is 6.70. The molecule has 2 fully saturated rings. The first-order chi connectivity index (χ1) is 8.12. The monoisotopic (exact) mass is 276 g/mol. The number of amides is 1. The minimum absolute atomic E-state index is 0. The van der Waals surface area contributed by atoms with Crippen LogP contribution in [0.4, 0.5) is 0 Å². The van der Waals surface area contributed by atoms with Crippen LogP contribution in [0.2, 0.25) is 0 Å². The lowest BCUT2D eigenvalue weighted by atomic mass is 9.92. The Hall–Kier alpha value is -0.320. The number of rotatable bonds is 5. The maximum atomic E-state index is 11.8. The molecule has 1 unspecified atom stereocenters. The Labute approximate surface area is 116 Å². The third kappa shape index (κ3) is 4.11. The predicted molar refractivity (Wildman–Crippen MR) is 74.0 cm³/mol. The molecule has 0 bridgehead atoms. The number of carbonyl (C=O) groups is 1. The number of carbonyl (C=O) groups excluding carboxylic acids is 1. The van der Waals surface area contributed by atoms with Gasteiger partial charge in [-0.2, -0.15) is 0 Å². The third-order valence-electron chi connectivity index (χ3n) is 4.18. The van der Waals surface area contributed by atoms with Gasteiger partial charge in [0.25, 0.3) is 0 Å². The van der Waals surface area contributed by atoms with Crippen LogP contribution >= 0.6 is 12.4 Å². The van der Waals surface area contributed by atoms with Crippen molar-refractivity contribution in [3.63, 3.8) is 0 Å². The van der Waals surface area contributed by atoms with Crippen LogP contribution in [0.1, 0.15) is 33.1 Å². The van der Waals surface area contributed by atoms with Gasteiger partial charge in [0.1, 0.15) is 0 Å². The fourth-order valence-electron chi connectivity index (χ4n) is 2.44. The first kappa shape index (κ1) is 15.7. The van der Waals surface area contributed by atoms with Gasteiger partial charge in [0.2, 0.25) is 5.91 Å². The number of hydrogen-bond donors (Lipinski definition) is 2. The Morgan fingerprint density at radius 3 is 2.72 bits per heavy atom. The topological polar surface area (TPSA) is 50.4 Å². The largest absolute Gasteiger partial charge is 0.378 e. The van der Waals surface area contributed by atoms with Crippen LogP contribution in [0, 0.1) is 11.3 Å². The highest BCUT2D eigenvalue weighted by Crippen LogP contribution is 2.51. The summed E-state index contributed by atoms with van der Waals surface area (Å²) in [7, 11) is 0. The van der Waals surface area contributed by atoms with E-state index in [1.54, 1.807) is 0 Å². The fourth-order valence-corrected chi connectivity index (χ4v) is 2.44. The minimum Gasteiger partial charge on any atom is -0.378 e. The number of hydrogen-bond acceptors (Lipinski definition) is 3. The van der Waals surface area contributed by atoms with E-state index in [0.717, 1.165) is 19.7 Å². The highest BCUT2D eigenvalue weighted by Gasteiger charge is 2.45. The van der Waals surface area contributed by atoms with Gasteiger partial charge in [-0.25, -0.2) is 0 Å². The summed E-state index contributed by atoms with van der Waals surface area (Å²) >= 11 is 0. The predicted octanol–water partition coefficient (Wildman–Crippen LogP) is 1.34. The molecule has 0 spiro atoms. The van der Waals surface area contributed by atoms with Crippen LogP contribution < -0.4 is 10.6 Å². The quantitative estimate of drug-likeness (QED) is 0.797. The number of morpholine rings is 1. The van der Waals surface area contributed by atoms with Crippen LogP contribution in [0.25, 0.3) is 0 Å².